The highest BCUT2D eigenvalue weighted by Gasteiger charge is 2.18. The zero-order valence-electron chi connectivity index (χ0n) is 14.0. The third-order valence-electron chi connectivity index (χ3n) is 3.59. The summed E-state index contributed by atoms with van der Waals surface area (Å²) in [5.41, 5.74) is 1.21. The molecule has 0 unspecified atom stereocenters. The third kappa shape index (κ3) is 5.06. The maximum absolute atomic E-state index is 13.1. The lowest BCUT2D eigenvalue weighted by molar-refractivity contribution is 0.600. The highest BCUT2D eigenvalue weighted by Crippen LogP contribution is 2.24. The van der Waals surface area contributed by atoms with Crippen LogP contribution in [0.5, 0.6) is 0 Å². The summed E-state index contributed by atoms with van der Waals surface area (Å²) in [5, 5.41) is 0. The quantitative estimate of drug-likeness (QED) is 0.468. The van der Waals surface area contributed by atoms with E-state index in [9.17, 15) is 12.8 Å². The van der Waals surface area contributed by atoms with Crippen molar-refractivity contribution in [2.75, 3.05) is 4.72 Å². The Hall–Kier alpha value is -1.97. The largest absolute Gasteiger partial charge is 0.312 e. The first-order valence-corrected chi connectivity index (χ1v) is 9.89. The average Bonchev–Trinajstić information content (AvgIpc) is 2.98. The van der Waals surface area contributed by atoms with Crippen molar-refractivity contribution in [3.63, 3.8) is 0 Å². The molecule has 0 aliphatic heterocycles. The Labute approximate surface area is 175 Å². The Morgan fingerprint density at radius 1 is 1.15 bits per heavy atom. The van der Waals surface area contributed by atoms with E-state index in [1.807, 2.05) is 0 Å². The third-order valence-corrected chi connectivity index (χ3v) is 5.46. The highest BCUT2D eigenvalue weighted by atomic mass is 79.9. The van der Waals surface area contributed by atoms with Crippen LogP contribution in [0.25, 0.3) is 11.3 Å². The summed E-state index contributed by atoms with van der Waals surface area (Å²) in [6, 6.07) is 12.1. The molecule has 0 fully saturated rings. The molecule has 1 N–H and O–H groups in total. The lowest BCUT2D eigenvalue weighted by Gasteiger charge is -2.09. The lowest BCUT2D eigenvalue weighted by atomic mass is 10.2. The van der Waals surface area contributed by atoms with E-state index in [-0.39, 0.29) is 33.6 Å². The Kier molecular flexibility index (Phi) is 6.96. The molecular weight excluding hydrogens is 501 g/mol. The topological polar surface area (TPSA) is 64.0 Å². The molecule has 5 nitrogen and oxygen atoms in total. The smallest absolute Gasteiger partial charge is 0.264 e. The normalized spacial score (nSPS) is 10.9. The molecule has 0 spiro atoms. The number of anilines is 1. The summed E-state index contributed by atoms with van der Waals surface area (Å²) in [5.74, 6) is -0.192. The van der Waals surface area contributed by atoms with Crippen molar-refractivity contribution < 1.29 is 12.8 Å². The van der Waals surface area contributed by atoms with Crippen LogP contribution in [0.2, 0.25) is 0 Å². The molecule has 1 aromatic heterocycles. The van der Waals surface area contributed by atoms with Crippen molar-refractivity contribution >= 4 is 48.9 Å². The predicted molar refractivity (Wildman–Crippen MR) is 113 cm³/mol. The minimum absolute atomic E-state index is 0. The molecule has 27 heavy (non-hydrogen) atoms. The van der Waals surface area contributed by atoms with E-state index < -0.39 is 10.0 Å². The first kappa shape index (κ1) is 21.3. The van der Waals surface area contributed by atoms with Gasteiger partial charge in [0.25, 0.3) is 10.0 Å². The second-order valence-electron chi connectivity index (χ2n) is 5.46. The molecule has 0 radical (unpaired) electrons. The first-order chi connectivity index (χ1) is 12.4. The van der Waals surface area contributed by atoms with Gasteiger partial charge in [-0.3, -0.25) is 0 Å². The number of hydrogen-bond acceptors (Lipinski definition) is 3. The second kappa shape index (κ2) is 8.81. The molecule has 3 rings (SSSR count). The maximum atomic E-state index is 13.1. The van der Waals surface area contributed by atoms with E-state index in [4.69, 9.17) is 0 Å². The molecule has 0 aliphatic rings. The molecule has 0 saturated carbocycles. The maximum Gasteiger partial charge on any atom is 0.264 e. The van der Waals surface area contributed by atoms with Crippen molar-refractivity contribution in [3.05, 3.63) is 77.7 Å². The van der Waals surface area contributed by atoms with Crippen molar-refractivity contribution in [2.45, 2.75) is 11.4 Å². The fraction of sp³-hybridized carbons (Fsp3) is 0.0556. The van der Waals surface area contributed by atoms with Gasteiger partial charge in [0.2, 0.25) is 5.95 Å². The number of imidazole rings is 1. The van der Waals surface area contributed by atoms with Crippen LogP contribution in [0, 0.1) is 5.82 Å². The van der Waals surface area contributed by atoms with Crippen molar-refractivity contribution in [2.24, 2.45) is 0 Å². The summed E-state index contributed by atoms with van der Waals surface area (Å²) in [6.45, 7) is 4.04. The number of sulfonamides is 1. The number of halogens is 3. The number of rotatable bonds is 6. The standard InChI is InChI=1S/C18H15BrFN3O2S.BrH/c1-2-11-23-12-17(13-3-7-15(20)8-4-13)21-18(23)22-26(24,25)16-9-5-14(19)6-10-16;/h2-10,12H,1,11H2,(H,21,22);1H. The number of nitrogens with zero attached hydrogens (tertiary/aromatic N) is 2. The van der Waals surface area contributed by atoms with Gasteiger partial charge in [-0.1, -0.05) is 22.0 Å². The molecule has 0 bridgehead atoms. The zero-order chi connectivity index (χ0) is 18.7. The van der Waals surface area contributed by atoms with Gasteiger partial charge in [-0.05, 0) is 48.5 Å². The van der Waals surface area contributed by atoms with Crippen molar-refractivity contribution in [1.29, 1.82) is 0 Å². The van der Waals surface area contributed by atoms with E-state index in [0.29, 0.717) is 17.8 Å². The van der Waals surface area contributed by atoms with Crippen LogP contribution in [0.4, 0.5) is 10.3 Å². The molecule has 142 valence electrons. The molecule has 3 aromatic rings. The molecule has 0 atom stereocenters. The lowest BCUT2D eigenvalue weighted by Crippen LogP contribution is -2.16. The minimum Gasteiger partial charge on any atom is -0.312 e. The van der Waals surface area contributed by atoms with Gasteiger partial charge in [0, 0.05) is 22.8 Å². The molecule has 0 amide bonds. The summed E-state index contributed by atoms with van der Waals surface area (Å²) >= 11 is 3.28. The number of nitrogens with one attached hydrogen (secondary N) is 1. The predicted octanol–water partition coefficient (Wildman–Crippen LogP) is 5.02. The van der Waals surface area contributed by atoms with Gasteiger partial charge in [-0.2, -0.15) is 0 Å². The van der Waals surface area contributed by atoms with Gasteiger partial charge in [-0.15, -0.1) is 23.6 Å². The molecule has 0 aliphatic carbocycles. The van der Waals surface area contributed by atoms with Gasteiger partial charge >= 0.3 is 0 Å². The summed E-state index contributed by atoms with van der Waals surface area (Å²) < 4.78 is 43.2. The fourth-order valence-corrected chi connectivity index (χ4v) is 3.61. The summed E-state index contributed by atoms with van der Waals surface area (Å²) in [4.78, 5) is 4.47. The molecule has 9 heteroatoms. The van der Waals surface area contributed by atoms with Gasteiger partial charge in [-0.25, -0.2) is 22.5 Å². The Morgan fingerprint density at radius 3 is 2.37 bits per heavy atom. The zero-order valence-corrected chi connectivity index (χ0v) is 18.1. The van der Waals surface area contributed by atoms with Gasteiger partial charge < -0.3 is 4.57 Å². The van der Waals surface area contributed by atoms with Gasteiger partial charge in [0.15, 0.2) is 0 Å². The minimum atomic E-state index is -3.79. The van der Waals surface area contributed by atoms with E-state index in [2.05, 4.69) is 32.2 Å². The van der Waals surface area contributed by atoms with Crippen LogP contribution in [-0.2, 0) is 16.6 Å². The van der Waals surface area contributed by atoms with Crippen LogP contribution in [0.15, 0.2) is 76.8 Å². The first-order valence-electron chi connectivity index (χ1n) is 7.61. The average molecular weight is 517 g/mol. The summed E-state index contributed by atoms with van der Waals surface area (Å²) in [7, 11) is -3.79. The number of hydrogen-bond donors (Lipinski definition) is 1. The Morgan fingerprint density at radius 2 is 1.78 bits per heavy atom. The number of aromatic nitrogens is 2. The van der Waals surface area contributed by atoms with Gasteiger partial charge in [0.1, 0.15) is 5.82 Å². The molecule has 1 heterocycles. The van der Waals surface area contributed by atoms with E-state index >= 15 is 0 Å². The van der Waals surface area contributed by atoms with Crippen LogP contribution in [0.3, 0.4) is 0 Å². The van der Waals surface area contributed by atoms with E-state index in [0.717, 1.165) is 4.47 Å². The van der Waals surface area contributed by atoms with E-state index in [1.165, 1.54) is 24.3 Å². The molecule has 2 aromatic carbocycles. The van der Waals surface area contributed by atoms with Crippen molar-refractivity contribution in [3.8, 4) is 11.3 Å². The molecular formula is C18H16Br2FN3O2S. The van der Waals surface area contributed by atoms with Crippen LogP contribution < -0.4 is 4.72 Å². The van der Waals surface area contributed by atoms with Crippen LogP contribution in [0.1, 0.15) is 0 Å². The summed E-state index contributed by atoms with van der Waals surface area (Å²) in [6.07, 6.45) is 3.32. The number of allylic oxidation sites excluding steroid dienone is 1. The van der Waals surface area contributed by atoms with E-state index in [1.54, 1.807) is 41.1 Å². The van der Waals surface area contributed by atoms with Gasteiger partial charge in [0.05, 0.1) is 10.6 Å². The van der Waals surface area contributed by atoms with Crippen LogP contribution >= 0.6 is 32.9 Å². The van der Waals surface area contributed by atoms with Crippen LogP contribution in [-0.4, -0.2) is 18.0 Å². The SMILES string of the molecule is Br.C=CCn1cc(-c2ccc(F)cc2)nc1NS(=O)(=O)c1ccc(Br)cc1. The van der Waals surface area contributed by atoms with Crippen molar-refractivity contribution in [1.82, 2.24) is 9.55 Å². The molecule has 0 saturated heterocycles. The Bertz CT molecular complexity index is 1030. The number of benzene rings is 2. The fourth-order valence-electron chi connectivity index (χ4n) is 2.33. The second-order valence-corrected chi connectivity index (χ2v) is 8.06. The Balaban J connectivity index is 0.00000261. The highest BCUT2D eigenvalue weighted by molar-refractivity contribution is 9.10. The monoisotopic (exact) mass is 515 g/mol.